The smallest absolute Gasteiger partial charge is 0.151 e. The number of halogens is 1. The summed E-state index contributed by atoms with van der Waals surface area (Å²) in [4.78, 5) is 13.1. The number of aldehydes is 1. The van der Waals surface area contributed by atoms with Gasteiger partial charge in [0.15, 0.2) is 6.29 Å². The summed E-state index contributed by atoms with van der Waals surface area (Å²) >= 11 is 6.08. The molecule has 92 valence electrons. The van der Waals surface area contributed by atoms with Crippen molar-refractivity contribution < 1.29 is 4.79 Å². The number of benzene rings is 1. The molecule has 1 unspecified atom stereocenters. The first kappa shape index (κ1) is 12.4. The molecule has 1 aromatic rings. The highest BCUT2D eigenvalue weighted by molar-refractivity contribution is 6.33. The van der Waals surface area contributed by atoms with E-state index < -0.39 is 0 Å². The maximum atomic E-state index is 10.7. The molecule has 0 spiro atoms. The predicted molar refractivity (Wildman–Crippen MR) is 72.1 cm³/mol. The van der Waals surface area contributed by atoms with Gasteiger partial charge < -0.3 is 4.90 Å². The van der Waals surface area contributed by atoms with Gasteiger partial charge in [-0.25, -0.2) is 0 Å². The Kier molecular flexibility index (Phi) is 4.06. The Morgan fingerprint density at radius 2 is 2.18 bits per heavy atom. The summed E-state index contributed by atoms with van der Waals surface area (Å²) in [5.41, 5.74) is 1.70. The third-order valence-corrected chi connectivity index (χ3v) is 3.82. The largest absolute Gasteiger partial charge is 0.369 e. The summed E-state index contributed by atoms with van der Waals surface area (Å²) in [5, 5.41) is 0.550. The van der Waals surface area contributed by atoms with Crippen molar-refractivity contribution in [1.29, 1.82) is 0 Å². The first-order chi connectivity index (χ1) is 8.22. The van der Waals surface area contributed by atoms with Crippen LogP contribution in [-0.4, -0.2) is 18.9 Å². The average Bonchev–Trinajstić information content (AvgIpc) is 2.54. The van der Waals surface area contributed by atoms with Gasteiger partial charge in [-0.15, -0.1) is 0 Å². The quantitative estimate of drug-likeness (QED) is 0.743. The fourth-order valence-corrected chi connectivity index (χ4v) is 2.67. The Hall–Kier alpha value is -1.02. The van der Waals surface area contributed by atoms with Gasteiger partial charge in [0.25, 0.3) is 0 Å². The Bertz CT molecular complexity index is 405. The number of hydrogen-bond donors (Lipinski definition) is 0. The van der Waals surface area contributed by atoms with Crippen LogP contribution in [0.3, 0.4) is 0 Å². The van der Waals surface area contributed by atoms with Gasteiger partial charge in [-0.3, -0.25) is 4.79 Å². The second-order valence-corrected chi connectivity index (χ2v) is 5.12. The van der Waals surface area contributed by atoms with E-state index >= 15 is 0 Å². The van der Waals surface area contributed by atoms with Gasteiger partial charge in [-0.1, -0.05) is 24.4 Å². The molecule has 1 fully saturated rings. The van der Waals surface area contributed by atoms with Crippen LogP contribution in [0, 0.1) is 0 Å². The number of carbonyl (C=O) groups is 1. The maximum absolute atomic E-state index is 10.7. The molecule has 1 aliphatic heterocycles. The lowest BCUT2D eigenvalue weighted by molar-refractivity contribution is 0.112. The molecule has 0 bridgehead atoms. The van der Waals surface area contributed by atoms with Crippen LogP contribution in [0.2, 0.25) is 5.02 Å². The van der Waals surface area contributed by atoms with E-state index in [2.05, 4.69) is 11.8 Å². The monoisotopic (exact) mass is 251 g/mol. The summed E-state index contributed by atoms with van der Waals surface area (Å²) < 4.78 is 0. The van der Waals surface area contributed by atoms with Gasteiger partial charge in [0, 0.05) is 23.8 Å². The van der Waals surface area contributed by atoms with E-state index in [-0.39, 0.29) is 0 Å². The van der Waals surface area contributed by atoms with E-state index in [0.29, 0.717) is 16.6 Å². The van der Waals surface area contributed by atoms with E-state index in [1.165, 1.54) is 25.7 Å². The lowest BCUT2D eigenvalue weighted by Gasteiger charge is -2.29. The summed E-state index contributed by atoms with van der Waals surface area (Å²) in [5.74, 6) is 0. The van der Waals surface area contributed by atoms with Crippen LogP contribution in [0.5, 0.6) is 0 Å². The minimum absolute atomic E-state index is 0.550. The second-order valence-electron chi connectivity index (χ2n) is 4.72. The SMILES string of the molecule is CC1CCCCCN1c1ccc(C=O)c(Cl)c1. The number of hydrogen-bond acceptors (Lipinski definition) is 2. The highest BCUT2D eigenvalue weighted by atomic mass is 35.5. The summed E-state index contributed by atoms with van der Waals surface area (Å²) in [6.45, 7) is 3.34. The zero-order chi connectivity index (χ0) is 12.3. The summed E-state index contributed by atoms with van der Waals surface area (Å²) in [6.07, 6.45) is 5.88. The van der Waals surface area contributed by atoms with Crippen LogP contribution in [0.25, 0.3) is 0 Å². The van der Waals surface area contributed by atoms with E-state index in [1.807, 2.05) is 18.2 Å². The number of nitrogens with zero attached hydrogens (tertiary/aromatic N) is 1. The molecule has 2 rings (SSSR count). The van der Waals surface area contributed by atoms with Crippen molar-refractivity contribution in [3.8, 4) is 0 Å². The molecule has 1 heterocycles. The lowest BCUT2D eigenvalue weighted by atomic mass is 10.1. The van der Waals surface area contributed by atoms with Gasteiger partial charge in [0.05, 0.1) is 5.02 Å². The molecule has 0 aliphatic carbocycles. The van der Waals surface area contributed by atoms with Crippen molar-refractivity contribution in [1.82, 2.24) is 0 Å². The standard InChI is InChI=1S/C14H18ClNO/c1-11-5-3-2-4-8-16(11)13-7-6-12(10-17)14(15)9-13/h6-7,9-11H,2-5,8H2,1H3. The normalized spacial score (nSPS) is 21.1. The highest BCUT2D eigenvalue weighted by Crippen LogP contribution is 2.27. The third-order valence-electron chi connectivity index (χ3n) is 3.50. The molecule has 1 aliphatic rings. The van der Waals surface area contributed by atoms with Crippen LogP contribution in [-0.2, 0) is 0 Å². The topological polar surface area (TPSA) is 20.3 Å². The Morgan fingerprint density at radius 3 is 2.88 bits per heavy atom. The van der Waals surface area contributed by atoms with Gasteiger partial charge in [0.1, 0.15) is 0 Å². The molecule has 0 N–H and O–H groups in total. The third kappa shape index (κ3) is 2.81. The summed E-state index contributed by atoms with van der Waals surface area (Å²) in [7, 11) is 0. The van der Waals surface area contributed by atoms with E-state index in [0.717, 1.165) is 18.5 Å². The van der Waals surface area contributed by atoms with Crippen LogP contribution in [0.15, 0.2) is 18.2 Å². The van der Waals surface area contributed by atoms with Crippen molar-refractivity contribution in [2.24, 2.45) is 0 Å². The first-order valence-electron chi connectivity index (χ1n) is 6.24. The van der Waals surface area contributed by atoms with E-state index in [1.54, 1.807) is 0 Å². The van der Waals surface area contributed by atoms with Gasteiger partial charge >= 0.3 is 0 Å². The van der Waals surface area contributed by atoms with Crippen LogP contribution in [0.1, 0.15) is 43.0 Å². The van der Waals surface area contributed by atoms with Crippen LogP contribution < -0.4 is 4.90 Å². The molecular formula is C14H18ClNO. The van der Waals surface area contributed by atoms with E-state index in [9.17, 15) is 4.79 Å². The minimum atomic E-state index is 0.550. The molecule has 0 amide bonds. The molecule has 3 heteroatoms. The zero-order valence-corrected chi connectivity index (χ0v) is 10.9. The molecule has 1 saturated heterocycles. The molecular weight excluding hydrogens is 234 g/mol. The molecule has 0 radical (unpaired) electrons. The van der Waals surface area contributed by atoms with Gasteiger partial charge in [-0.05, 0) is 38.0 Å². The molecule has 0 saturated carbocycles. The lowest BCUT2D eigenvalue weighted by Crippen LogP contribution is -2.32. The predicted octanol–water partition coefficient (Wildman–Crippen LogP) is 3.92. The van der Waals surface area contributed by atoms with Crippen LogP contribution >= 0.6 is 11.6 Å². The zero-order valence-electron chi connectivity index (χ0n) is 10.2. The molecule has 1 aromatic carbocycles. The van der Waals surface area contributed by atoms with Crippen LogP contribution in [0.4, 0.5) is 5.69 Å². The fraction of sp³-hybridized carbons (Fsp3) is 0.500. The number of carbonyl (C=O) groups excluding carboxylic acids is 1. The highest BCUT2D eigenvalue weighted by Gasteiger charge is 2.17. The number of anilines is 1. The average molecular weight is 252 g/mol. The minimum Gasteiger partial charge on any atom is -0.369 e. The second kappa shape index (κ2) is 5.54. The molecule has 17 heavy (non-hydrogen) atoms. The maximum Gasteiger partial charge on any atom is 0.151 e. The number of rotatable bonds is 2. The van der Waals surface area contributed by atoms with Crippen molar-refractivity contribution >= 4 is 23.6 Å². The fourth-order valence-electron chi connectivity index (χ4n) is 2.45. The first-order valence-corrected chi connectivity index (χ1v) is 6.61. The van der Waals surface area contributed by atoms with Crippen molar-refractivity contribution in [3.63, 3.8) is 0 Å². The van der Waals surface area contributed by atoms with Gasteiger partial charge in [0.2, 0.25) is 0 Å². The molecule has 0 aromatic heterocycles. The van der Waals surface area contributed by atoms with E-state index in [4.69, 9.17) is 11.6 Å². The van der Waals surface area contributed by atoms with Crippen molar-refractivity contribution in [2.45, 2.75) is 38.6 Å². The molecule has 1 atom stereocenters. The van der Waals surface area contributed by atoms with Crippen molar-refractivity contribution in [2.75, 3.05) is 11.4 Å². The van der Waals surface area contributed by atoms with Gasteiger partial charge in [-0.2, -0.15) is 0 Å². The summed E-state index contributed by atoms with van der Waals surface area (Å²) in [6, 6.07) is 6.27. The van der Waals surface area contributed by atoms with Crippen molar-refractivity contribution in [3.05, 3.63) is 28.8 Å². The Labute approximate surface area is 108 Å². The Balaban J connectivity index is 2.25. The Morgan fingerprint density at radius 1 is 1.35 bits per heavy atom. The molecule has 2 nitrogen and oxygen atoms in total.